The fourth-order valence-electron chi connectivity index (χ4n) is 2.06. The number of hydrogen-bond donors (Lipinski definition) is 0. The molecule has 0 aromatic heterocycles. The van der Waals surface area contributed by atoms with Crippen LogP contribution in [-0.2, 0) is 9.59 Å². The fraction of sp³-hybridized carbons (Fsp3) is 0.188. The molecule has 124 valence electrons. The number of ether oxygens (including phenoxy) is 1. The number of benzene rings is 1. The molecule has 1 heterocycles. The molecule has 1 fully saturated rings. The standard InChI is InChI=1S/C16H12I2N2O3S/c1-4-5-23-13-11(17)7-9(8-12(13)18)6-10-14(21)19(2)16(24)20(3)15(10)22/h1,6-8H,5H2,2-3H3. The van der Waals surface area contributed by atoms with Gasteiger partial charge in [-0.3, -0.25) is 19.4 Å². The van der Waals surface area contributed by atoms with Crippen molar-refractivity contribution in [1.29, 1.82) is 0 Å². The van der Waals surface area contributed by atoms with Crippen molar-refractivity contribution >= 4 is 80.4 Å². The van der Waals surface area contributed by atoms with Crippen LogP contribution in [0.3, 0.4) is 0 Å². The van der Waals surface area contributed by atoms with Crippen LogP contribution in [0.1, 0.15) is 5.56 Å². The van der Waals surface area contributed by atoms with Gasteiger partial charge in [-0.2, -0.15) is 0 Å². The van der Waals surface area contributed by atoms with E-state index >= 15 is 0 Å². The lowest BCUT2D eigenvalue weighted by Crippen LogP contribution is -2.52. The van der Waals surface area contributed by atoms with Crippen LogP contribution in [-0.4, -0.2) is 47.4 Å². The van der Waals surface area contributed by atoms with Gasteiger partial charge in [-0.05, 0) is 81.2 Å². The first kappa shape index (κ1) is 19.1. The Kier molecular flexibility index (Phi) is 6.22. The zero-order valence-electron chi connectivity index (χ0n) is 12.8. The van der Waals surface area contributed by atoms with E-state index in [-0.39, 0.29) is 17.3 Å². The van der Waals surface area contributed by atoms with E-state index in [2.05, 4.69) is 51.1 Å². The minimum atomic E-state index is -0.416. The first-order valence-corrected chi connectivity index (χ1v) is 9.21. The number of nitrogens with zero attached hydrogens (tertiary/aromatic N) is 2. The second-order valence-electron chi connectivity index (χ2n) is 4.88. The molecule has 0 unspecified atom stereocenters. The summed E-state index contributed by atoms with van der Waals surface area (Å²) in [6.45, 7) is 0.177. The molecule has 8 heteroatoms. The SMILES string of the molecule is C#CCOc1c(I)cc(C=C2C(=O)N(C)C(=S)N(C)C2=O)cc1I. The number of halogens is 2. The van der Waals surface area contributed by atoms with Crippen LogP contribution in [0, 0.1) is 19.5 Å². The molecule has 1 aromatic carbocycles. The van der Waals surface area contributed by atoms with E-state index in [9.17, 15) is 9.59 Å². The second-order valence-corrected chi connectivity index (χ2v) is 7.56. The van der Waals surface area contributed by atoms with Crippen molar-refractivity contribution in [3.05, 3.63) is 30.4 Å². The Morgan fingerprint density at radius 3 is 2.17 bits per heavy atom. The normalized spacial score (nSPS) is 14.8. The molecular formula is C16H12I2N2O3S. The van der Waals surface area contributed by atoms with Crippen molar-refractivity contribution in [3.63, 3.8) is 0 Å². The maximum absolute atomic E-state index is 12.3. The lowest BCUT2D eigenvalue weighted by Gasteiger charge is -2.31. The van der Waals surface area contributed by atoms with Gasteiger partial charge < -0.3 is 4.74 Å². The maximum atomic E-state index is 12.3. The maximum Gasteiger partial charge on any atom is 0.265 e. The molecule has 1 aliphatic heterocycles. The van der Waals surface area contributed by atoms with E-state index < -0.39 is 11.8 Å². The first-order valence-electron chi connectivity index (χ1n) is 6.65. The molecule has 1 aliphatic rings. The number of likely N-dealkylation sites (N-methyl/N-ethyl adjacent to an activating group) is 2. The Balaban J connectivity index is 2.44. The average Bonchev–Trinajstić information content (AvgIpc) is 2.54. The predicted molar refractivity (Wildman–Crippen MR) is 112 cm³/mol. The molecule has 0 spiro atoms. The minimum absolute atomic E-state index is 0.0671. The summed E-state index contributed by atoms with van der Waals surface area (Å²) in [6.07, 6.45) is 6.78. The Bertz CT molecular complexity index is 765. The number of terminal acetylenes is 1. The summed E-state index contributed by atoms with van der Waals surface area (Å²) in [5.41, 5.74) is 0.792. The van der Waals surface area contributed by atoms with Crippen LogP contribution in [0.5, 0.6) is 5.75 Å². The molecule has 0 saturated carbocycles. The Morgan fingerprint density at radius 2 is 1.71 bits per heavy atom. The number of hydrogen-bond acceptors (Lipinski definition) is 4. The number of carbonyl (C=O) groups is 2. The third-order valence-corrected chi connectivity index (χ3v) is 5.43. The first-order chi connectivity index (χ1) is 11.3. The van der Waals surface area contributed by atoms with Gasteiger partial charge in [-0.25, -0.2) is 0 Å². The van der Waals surface area contributed by atoms with Crippen molar-refractivity contribution in [2.75, 3.05) is 20.7 Å². The highest BCUT2D eigenvalue weighted by Crippen LogP contribution is 2.30. The van der Waals surface area contributed by atoms with Gasteiger partial charge >= 0.3 is 0 Å². The number of thiocarbonyl (C=S) groups is 1. The summed E-state index contributed by atoms with van der Waals surface area (Å²) in [5, 5.41) is 0.185. The van der Waals surface area contributed by atoms with Crippen molar-refractivity contribution in [1.82, 2.24) is 9.80 Å². The summed E-state index contributed by atoms with van der Waals surface area (Å²) >= 11 is 9.33. The summed E-state index contributed by atoms with van der Waals surface area (Å²) < 4.78 is 7.20. The zero-order chi connectivity index (χ0) is 18.0. The van der Waals surface area contributed by atoms with Gasteiger partial charge in [-0.1, -0.05) is 5.92 Å². The molecule has 24 heavy (non-hydrogen) atoms. The van der Waals surface area contributed by atoms with Gasteiger partial charge in [0.15, 0.2) is 5.11 Å². The molecule has 2 rings (SSSR count). The molecule has 5 nitrogen and oxygen atoms in total. The number of carbonyl (C=O) groups excluding carboxylic acids is 2. The lowest BCUT2D eigenvalue weighted by atomic mass is 10.1. The molecular weight excluding hydrogens is 554 g/mol. The van der Waals surface area contributed by atoms with Gasteiger partial charge in [0.1, 0.15) is 17.9 Å². The van der Waals surface area contributed by atoms with E-state index in [0.717, 1.165) is 12.7 Å². The molecule has 1 aromatic rings. The third-order valence-electron chi connectivity index (χ3n) is 3.28. The highest BCUT2D eigenvalue weighted by Gasteiger charge is 2.35. The van der Waals surface area contributed by atoms with Crippen molar-refractivity contribution < 1.29 is 14.3 Å². The van der Waals surface area contributed by atoms with Gasteiger partial charge in [0.25, 0.3) is 11.8 Å². The van der Waals surface area contributed by atoms with Gasteiger partial charge in [0.2, 0.25) is 0 Å². The van der Waals surface area contributed by atoms with Crippen molar-refractivity contribution in [2.24, 2.45) is 0 Å². The number of rotatable bonds is 3. The topological polar surface area (TPSA) is 49.9 Å². The van der Waals surface area contributed by atoms with E-state index in [1.165, 1.54) is 9.80 Å². The molecule has 0 atom stereocenters. The van der Waals surface area contributed by atoms with Crippen molar-refractivity contribution in [2.45, 2.75) is 0 Å². The lowest BCUT2D eigenvalue weighted by molar-refractivity contribution is -0.132. The largest absolute Gasteiger partial charge is 0.479 e. The Labute approximate surface area is 172 Å². The highest BCUT2D eigenvalue weighted by molar-refractivity contribution is 14.1. The molecule has 0 aliphatic carbocycles. The van der Waals surface area contributed by atoms with E-state index in [1.54, 1.807) is 20.2 Å². The quantitative estimate of drug-likeness (QED) is 0.186. The summed E-state index contributed by atoms with van der Waals surface area (Å²) in [6, 6.07) is 3.66. The second kappa shape index (κ2) is 7.79. The fourth-order valence-corrected chi connectivity index (χ4v) is 4.35. The summed E-state index contributed by atoms with van der Waals surface area (Å²) in [7, 11) is 3.09. The molecule has 2 amide bonds. The summed E-state index contributed by atoms with van der Waals surface area (Å²) in [4.78, 5) is 27.3. The summed E-state index contributed by atoms with van der Waals surface area (Å²) in [5.74, 6) is 2.28. The zero-order valence-corrected chi connectivity index (χ0v) is 17.9. The molecule has 1 saturated heterocycles. The van der Waals surface area contributed by atoms with Gasteiger partial charge in [0, 0.05) is 14.1 Å². The molecule has 0 bridgehead atoms. The Morgan fingerprint density at radius 1 is 1.21 bits per heavy atom. The van der Waals surface area contributed by atoms with Crippen LogP contribution in [0.4, 0.5) is 0 Å². The third kappa shape index (κ3) is 3.73. The van der Waals surface area contributed by atoms with Gasteiger partial charge in [-0.15, -0.1) is 6.42 Å². The van der Waals surface area contributed by atoms with Crippen LogP contribution in [0.2, 0.25) is 0 Å². The smallest absolute Gasteiger partial charge is 0.265 e. The molecule has 0 radical (unpaired) electrons. The van der Waals surface area contributed by atoms with Crippen LogP contribution in [0.25, 0.3) is 6.08 Å². The van der Waals surface area contributed by atoms with E-state index in [0.29, 0.717) is 5.75 Å². The molecule has 0 N–H and O–H groups in total. The predicted octanol–water partition coefficient (Wildman–Crippen LogP) is 2.51. The van der Waals surface area contributed by atoms with E-state index in [4.69, 9.17) is 23.4 Å². The Hall–Kier alpha value is -1.19. The van der Waals surface area contributed by atoms with Crippen LogP contribution in [0.15, 0.2) is 17.7 Å². The minimum Gasteiger partial charge on any atom is -0.479 e. The van der Waals surface area contributed by atoms with E-state index in [1.807, 2.05) is 12.1 Å². The van der Waals surface area contributed by atoms with Crippen molar-refractivity contribution in [3.8, 4) is 18.1 Å². The van der Waals surface area contributed by atoms with Crippen LogP contribution < -0.4 is 4.74 Å². The van der Waals surface area contributed by atoms with Gasteiger partial charge in [0.05, 0.1) is 7.14 Å². The highest BCUT2D eigenvalue weighted by atomic mass is 127. The van der Waals surface area contributed by atoms with Crippen LogP contribution >= 0.6 is 57.4 Å². The number of amides is 2. The monoisotopic (exact) mass is 566 g/mol. The average molecular weight is 566 g/mol.